The minimum Gasteiger partial charge on any atom is -0.481 e. The molecule has 0 aromatic heterocycles. The Hall–Kier alpha value is -9.44. The van der Waals surface area contributed by atoms with Crippen LogP contribution in [0.5, 0.6) is 0 Å². The number of aliphatic hydroxyl groups is 2. The number of rotatable bonds is 38. The zero-order chi connectivity index (χ0) is 75.0. The summed E-state index contributed by atoms with van der Waals surface area (Å²) in [5.74, 6) is -5.47. The number of aliphatic hydroxyl groups excluding tert-OH is 2. The summed E-state index contributed by atoms with van der Waals surface area (Å²) in [4.78, 5) is 178. The molecule has 0 aliphatic carbocycles. The summed E-state index contributed by atoms with van der Waals surface area (Å²) in [6.07, 6.45) is 6.20. The third kappa shape index (κ3) is 32.5. The molecule has 2 saturated heterocycles. The zero-order valence-electron chi connectivity index (χ0n) is 57.5. The van der Waals surface area contributed by atoms with Crippen LogP contribution in [0.1, 0.15) is 90.2 Å². The molecule has 0 spiro atoms. The Labute approximate surface area is 591 Å². The third-order valence-electron chi connectivity index (χ3n) is 15.2. The van der Waals surface area contributed by atoms with Crippen molar-refractivity contribution in [2.75, 3.05) is 93.8 Å². The van der Waals surface area contributed by atoms with E-state index in [9.17, 15) is 72.2 Å². The van der Waals surface area contributed by atoms with Crippen LogP contribution in [0.15, 0.2) is 99.2 Å². The number of carboxylic acids is 1. The maximum absolute atomic E-state index is 13.5. The summed E-state index contributed by atoms with van der Waals surface area (Å²) in [7, 11) is 1.73. The number of carbonyl (C=O) groups is 14. The van der Waals surface area contributed by atoms with Crippen molar-refractivity contribution >= 4 is 118 Å². The summed E-state index contributed by atoms with van der Waals surface area (Å²) < 4.78 is 0. The van der Waals surface area contributed by atoms with Gasteiger partial charge in [0.1, 0.15) is 0 Å². The molecule has 100 heavy (non-hydrogen) atoms. The Morgan fingerprint density at radius 1 is 0.510 bits per heavy atom. The van der Waals surface area contributed by atoms with E-state index in [4.69, 9.17) is 21.7 Å². The fourth-order valence-electron chi connectivity index (χ4n) is 9.94. The summed E-state index contributed by atoms with van der Waals surface area (Å²) in [5, 5.41) is 43.3. The first kappa shape index (κ1) is 86.6. The minimum atomic E-state index is -0.939. The van der Waals surface area contributed by atoms with Gasteiger partial charge in [0.25, 0.3) is 0 Å². The number of hydrogen-bond donors (Lipinski definition) is 11. The number of ketones is 2. The highest BCUT2D eigenvalue weighted by Crippen LogP contribution is 2.23. The van der Waals surface area contributed by atoms with Gasteiger partial charge in [0.15, 0.2) is 11.6 Å². The van der Waals surface area contributed by atoms with Crippen LogP contribution in [0, 0.1) is 23.7 Å². The number of carboxylic acid groups (broad SMARTS) is 1. The number of urea groups is 2. The monoisotopic (exact) mass is 1430 g/mol. The molecule has 0 bridgehead atoms. The van der Waals surface area contributed by atoms with Crippen molar-refractivity contribution in [1.29, 1.82) is 0 Å². The number of carbonyl (C=O) groups excluding carboxylic acids is 13. The Bertz CT molecular complexity index is 3100. The molecule has 0 unspecified atom stereocenters. The highest BCUT2D eigenvalue weighted by molar-refractivity contribution is 8.00. The summed E-state index contributed by atoms with van der Waals surface area (Å²) >= 11 is 2.33. The molecule has 13 N–H and O–H groups in total. The number of likely N-dealkylation sites (N-methyl/N-ethyl adjacent to an activating group) is 1. The summed E-state index contributed by atoms with van der Waals surface area (Å²) in [6, 6.07) is 11.0. The maximum atomic E-state index is 13.5. The predicted octanol–water partition coefficient (Wildman–Crippen LogP) is 2.47. The van der Waals surface area contributed by atoms with Gasteiger partial charge < -0.3 is 88.1 Å². The number of nitrogens with zero attached hydrogens (tertiary/aromatic N) is 6. The van der Waals surface area contributed by atoms with Gasteiger partial charge >= 0.3 is 18.0 Å². The summed E-state index contributed by atoms with van der Waals surface area (Å²) in [6.45, 7) is 21.7. The number of Topliss-reactive ketones (excluding diaryl/α,β-unsaturated/α-hetero) is 2. The van der Waals surface area contributed by atoms with Crippen molar-refractivity contribution < 1.29 is 82.4 Å². The molecule has 33 heteroatoms. The fourth-order valence-corrected chi connectivity index (χ4v) is 11.3. The maximum Gasteiger partial charge on any atom is 0.313 e. The smallest absolute Gasteiger partial charge is 0.313 e. The first-order chi connectivity index (χ1) is 47.4. The second-order valence-corrected chi connectivity index (χ2v) is 25.8. The number of thioether (sulfide) groups is 2. The number of benzene rings is 2. The molecule has 31 nitrogen and oxygen atoms in total. The van der Waals surface area contributed by atoms with Crippen molar-refractivity contribution in [2.24, 2.45) is 35.1 Å². The van der Waals surface area contributed by atoms with E-state index in [0.29, 0.717) is 48.5 Å². The number of primary amides is 2. The molecular formula is C67H98N14O17S2. The first-order valence-electron chi connectivity index (χ1n) is 32.1. The normalized spacial score (nSPS) is 13.8. The Kier molecular flexibility index (Phi) is 40.5. The number of anilines is 2. The fraction of sp³-hybridized carbons (Fsp3) is 0.493. The molecule has 2 fully saturated rings. The van der Waals surface area contributed by atoms with Crippen LogP contribution in [-0.2, 0) is 70.7 Å². The Balaban J connectivity index is 0.000000562. The van der Waals surface area contributed by atoms with E-state index in [1.807, 2.05) is 13.8 Å². The SMILES string of the molecule is C=CC(=O)N1CN(C(=O)C=C)CN(C(=O)CCSCC(=O)N[C@H](C(=O)C[C@H](CCCNC(N)=O)C(=O)Nc2ccc(CO)cc2)C(C)C)C1.C=CC(=O)N1CN(C(=O)C=C)CN(C(=O)CCSCC(=O)O)C1.CN[C@H](C(=O)C[C@H](CCCNC(N)=O)C(=O)Nc1ccc(CO)cc1)C(C)C. The lowest BCUT2D eigenvalue weighted by Crippen LogP contribution is -2.59. The second kappa shape index (κ2) is 46.8. The lowest BCUT2D eigenvalue weighted by molar-refractivity contribution is -0.156. The Morgan fingerprint density at radius 2 is 0.840 bits per heavy atom. The van der Waals surface area contributed by atoms with E-state index >= 15 is 0 Å². The topological polar surface area (TPSA) is 443 Å². The highest BCUT2D eigenvalue weighted by Gasteiger charge is 2.34. The quantitative estimate of drug-likeness (QED) is 0.0340. The lowest BCUT2D eigenvalue weighted by Gasteiger charge is -2.41. The van der Waals surface area contributed by atoms with Crippen molar-refractivity contribution in [3.63, 3.8) is 0 Å². The van der Waals surface area contributed by atoms with Crippen LogP contribution >= 0.6 is 23.5 Å². The van der Waals surface area contributed by atoms with Gasteiger partial charge in [-0.3, -0.25) is 57.5 Å². The number of aliphatic carboxylic acids is 1. The average molecular weight is 1440 g/mol. The van der Waals surface area contributed by atoms with E-state index in [0.717, 1.165) is 41.6 Å². The van der Waals surface area contributed by atoms with Gasteiger partial charge in [0, 0.05) is 73.5 Å². The van der Waals surface area contributed by atoms with Crippen LogP contribution in [0.25, 0.3) is 0 Å². The van der Waals surface area contributed by atoms with Gasteiger partial charge in [-0.25, -0.2) is 9.59 Å². The first-order valence-corrected chi connectivity index (χ1v) is 34.4. The number of nitrogens with one attached hydrogen (secondary N) is 6. The molecule has 4 rings (SSSR count). The van der Waals surface area contributed by atoms with Crippen LogP contribution in [-0.4, -0.2) is 223 Å². The van der Waals surface area contributed by atoms with Crippen LogP contribution in [0.3, 0.4) is 0 Å². The molecule has 13 amide bonds. The average Bonchev–Trinajstić information content (AvgIpc) is 0.840. The van der Waals surface area contributed by atoms with Gasteiger partial charge in [-0.15, -0.1) is 11.8 Å². The van der Waals surface area contributed by atoms with E-state index in [-0.39, 0.29) is 168 Å². The van der Waals surface area contributed by atoms with E-state index < -0.39 is 59.5 Å². The minimum absolute atomic E-state index is 0.00127. The van der Waals surface area contributed by atoms with Gasteiger partial charge in [-0.05, 0) is 104 Å². The van der Waals surface area contributed by atoms with Crippen molar-refractivity contribution in [3.8, 4) is 0 Å². The van der Waals surface area contributed by atoms with E-state index in [1.54, 1.807) is 69.4 Å². The van der Waals surface area contributed by atoms with Crippen LogP contribution in [0.2, 0.25) is 0 Å². The number of nitrogens with two attached hydrogens (primary N) is 2. The molecular weight excluding hydrogens is 1340 g/mol. The lowest BCUT2D eigenvalue weighted by atomic mass is 9.89. The molecule has 0 radical (unpaired) electrons. The predicted molar refractivity (Wildman–Crippen MR) is 379 cm³/mol. The molecule has 2 aliphatic rings. The van der Waals surface area contributed by atoms with Gasteiger partial charge in [0.05, 0.1) is 76.8 Å². The number of hydrogen-bond acceptors (Lipinski definition) is 19. The number of amides is 13. The molecule has 0 saturated carbocycles. The van der Waals surface area contributed by atoms with Crippen LogP contribution < -0.4 is 43.4 Å². The van der Waals surface area contributed by atoms with Gasteiger partial charge in [0.2, 0.25) is 53.2 Å². The van der Waals surface area contributed by atoms with E-state index in [1.165, 1.54) is 41.2 Å². The van der Waals surface area contributed by atoms with Crippen molar-refractivity contribution in [3.05, 3.63) is 110 Å². The molecule has 2 aliphatic heterocycles. The molecule has 2 heterocycles. The highest BCUT2D eigenvalue weighted by atomic mass is 32.2. The Morgan fingerprint density at radius 3 is 1.14 bits per heavy atom. The molecule has 4 atom stereocenters. The summed E-state index contributed by atoms with van der Waals surface area (Å²) in [5.41, 5.74) is 12.7. The zero-order valence-corrected chi connectivity index (χ0v) is 59.1. The van der Waals surface area contributed by atoms with Gasteiger partial charge in [-0.1, -0.05) is 78.3 Å². The largest absolute Gasteiger partial charge is 0.481 e. The van der Waals surface area contributed by atoms with Crippen molar-refractivity contribution in [1.82, 2.24) is 50.7 Å². The molecule has 2 aromatic rings. The molecule has 2 aromatic carbocycles. The second-order valence-electron chi connectivity index (χ2n) is 23.6. The van der Waals surface area contributed by atoms with E-state index in [2.05, 4.69) is 58.2 Å². The molecule has 550 valence electrons. The third-order valence-corrected chi connectivity index (χ3v) is 17.1. The van der Waals surface area contributed by atoms with Gasteiger partial charge in [-0.2, -0.15) is 11.8 Å². The standard InChI is InChI=1S/C33H47N7O8S.C20H32N4O4.C14H19N3O5S/c1-5-28(44)38-19-39(29(45)6-2)21-40(20-38)30(46)13-15-49-18-27(43)37-31(22(3)4)26(42)16-24(8-7-14-35-33(34)48)32(47)36-25-11-9-23(17-41)10-12-25;1-13(2)18(22-3)17(26)11-15(5-4-10-23-20(21)28)19(27)24-16-8-6-14(12-25)7-9-16;1-3-11(18)15-8-16(12(19)4-2)10-17(9-15)13(20)5-6-23-7-14(21)22/h5-6,9-12,22,24,31,41H,1-2,7-8,13-21H2,3-4H3,(H,36,47)(H,37,43)(H3,34,35,48);6-9,13,15,18,22,25H,4-5,10-12H2,1-3H3,(H,24,27)(H3,21,23,28);3-4H,1-2,5-10H2,(H,21,22)/t24-,31-;15-,18-;/m00./s1. The van der Waals surface area contributed by atoms with Crippen LogP contribution in [0.4, 0.5) is 21.0 Å². The van der Waals surface area contributed by atoms with Crippen molar-refractivity contribution in [2.45, 2.75) is 104 Å².